The van der Waals surface area contributed by atoms with Crippen LogP contribution in [0.5, 0.6) is 0 Å². The van der Waals surface area contributed by atoms with E-state index in [4.69, 9.17) is 0 Å². The lowest BCUT2D eigenvalue weighted by atomic mass is 9.80. The zero-order valence-electron chi connectivity index (χ0n) is 15.9. The third-order valence-corrected chi connectivity index (χ3v) is 5.45. The molecule has 0 radical (unpaired) electrons. The van der Waals surface area contributed by atoms with E-state index in [1.807, 2.05) is 6.07 Å². The van der Waals surface area contributed by atoms with Gasteiger partial charge in [-0.05, 0) is 49.2 Å². The normalized spacial score (nSPS) is 15.5. The van der Waals surface area contributed by atoms with Crippen LogP contribution in [0.1, 0.15) is 52.8 Å². The molecule has 2 aromatic rings. The van der Waals surface area contributed by atoms with E-state index >= 15 is 0 Å². The van der Waals surface area contributed by atoms with Gasteiger partial charge in [-0.2, -0.15) is 0 Å². The fourth-order valence-corrected chi connectivity index (χ4v) is 3.71. The van der Waals surface area contributed by atoms with Crippen molar-refractivity contribution >= 4 is 23.5 Å². The fraction of sp³-hybridized carbons (Fsp3) is 0.318. The number of hydrogen-bond acceptors (Lipinski definition) is 3. The zero-order chi connectivity index (χ0) is 20.1. The summed E-state index contributed by atoms with van der Waals surface area (Å²) in [4.78, 5) is 38.4. The molecule has 1 aliphatic rings. The monoisotopic (exact) mass is 380 g/mol. The lowest BCUT2D eigenvalue weighted by molar-refractivity contribution is -0.151. The lowest BCUT2D eigenvalue weighted by Crippen LogP contribution is -2.56. The predicted molar refractivity (Wildman–Crippen MR) is 106 cm³/mol. The number of nitrogens with one attached hydrogen (secondary N) is 1. The molecule has 0 unspecified atom stereocenters. The van der Waals surface area contributed by atoms with E-state index in [1.54, 1.807) is 55.6 Å². The molecular formula is C22H24N2O4. The second-order valence-electron chi connectivity index (χ2n) is 7.16. The summed E-state index contributed by atoms with van der Waals surface area (Å²) in [6, 6.07) is 15.4. The largest absolute Gasteiger partial charge is 0.479 e. The van der Waals surface area contributed by atoms with Crippen molar-refractivity contribution in [3.8, 4) is 0 Å². The van der Waals surface area contributed by atoms with Crippen LogP contribution >= 0.6 is 0 Å². The Morgan fingerprint density at radius 1 is 0.893 bits per heavy atom. The maximum absolute atomic E-state index is 12.9. The molecule has 1 saturated carbocycles. The van der Waals surface area contributed by atoms with Crippen LogP contribution in [0.4, 0.5) is 5.69 Å². The molecule has 0 heterocycles. The van der Waals surface area contributed by atoms with Gasteiger partial charge in [0.25, 0.3) is 11.8 Å². The van der Waals surface area contributed by atoms with Gasteiger partial charge in [0.2, 0.25) is 0 Å². The molecule has 0 saturated heterocycles. The van der Waals surface area contributed by atoms with E-state index in [0.29, 0.717) is 29.7 Å². The molecule has 0 spiro atoms. The Bertz CT molecular complexity index is 856. The molecule has 146 valence electrons. The van der Waals surface area contributed by atoms with Crippen molar-refractivity contribution in [3.63, 3.8) is 0 Å². The van der Waals surface area contributed by atoms with Gasteiger partial charge in [-0.1, -0.05) is 37.5 Å². The maximum Gasteiger partial charge on any atom is 0.329 e. The summed E-state index contributed by atoms with van der Waals surface area (Å²) < 4.78 is 0. The van der Waals surface area contributed by atoms with Crippen LogP contribution in [0.25, 0.3) is 0 Å². The van der Waals surface area contributed by atoms with Crippen LogP contribution in [0, 0.1) is 0 Å². The van der Waals surface area contributed by atoms with Crippen LogP contribution < -0.4 is 5.32 Å². The topological polar surface area (TPSA) is 86.7 Å². The molecule has 6 heteroatoms. The van der Waals surface area contributed by atoms with Crippen LogP contribution in [-0.4, -0.2) is 40.4 Å². The van der Waals surface area contributed by atoms with Gasteiger partial charge in [0.05, 0.1) is 0 Å². The summed E-state index contributed by atoms with van der Waals surface area (Å²) in [7, 11) is 1.56. The summed E-state index contributed by atoms with van der Waals surface area (Å²) >= 11 is 0. The highest BCUT2D eigenvalue weighted by atomic mass is 16.4. The van der Waals surface area contributed by atoms with Crippen LogP contribution in [-0.2, 0) is 4.79 Å². The standard InChI is InChI=1S/C22H24N2O4/c1-24(22(21(27)28)14-6-3-7-15-22)20(26)17-10-12-18(13-11-17)23-19(25)16-8-4-2-5-9-16/h2,4-5,8-13H,3,6-7,14-15H2,1H3,(H,23,25)(H,27,28). The quantitative estimate of drug-likeness (QED) is 0.826. The summed E-state index contributed by atoms with van der Waals surface area (Å²) in [5.74, 6) is -1.51. The minimum Gasteiger partial charge on any atom is -0.479 e. The van der Waals surface area contributed by atoms with Crippen LogP contribution in [0.2, 0.25) is 0 Å². The van der Waals surface area contributed by atoms with E-state index in [0.717, 1.165) is 19.3 Å². The van der Waals surface area contributed by atoms with Crippen molar-refractivity contribution in [3.05, 3.63) is 65.7 Å². The fourth-order valence-electron chi connectivity index (χ4n) is 3.71. The van der Waals surface area contributed by atoms with Gasteiger partial charge < -0.3 is 15.3 Å². The van der Waals surface area contributed by atoms with Crippen molar-refractivity contribution in [1.29, 1.82) is 0 Å². The Kier molecular flexibility index (Phi) is 5.78. The zero-order valence-corrected chi connectivity index (χ0v) is 15.9. The van der Waals surface area contributed by atoms with Gasteiger partial charge in [-0.15, -0.1) is 0 Å². The SMILES string of the molecule is CN(C(=O)c1ccc(NC(=O)c2ccccc2)cc1)C1(C(=O)O)CCCCC1. The number of benzene rings is 2. The molecule has 1 fully saturated rings. The third-order valence-electron chi connectivity index (χ3n) is 5.45. The number of anilines is 1. The Morgan fingerprint density at radius 3 is 2.07 bits per heavy atom. The number of carboxylic acid groups (broad SMARTS) is 1. The van der Waals surface area contributed by atoms with Gasteiger partial charge >= 0.3 is 5.97 Å². The molecule has 3 rings (SSSR count). The smallest absolute Gasteiger partial charge is 0.329 e. The average Bonchev–Trinajstić information content (AvgIpc) is 2.74. The molecule has 6 nitrogen and oxygen atoms in total. The first kappa shape index (κ1) is 19.6. The molecule has 2 aromatic carbocycles. The highest BCUT2D eigenvalue weighted by Crippen LogP contribution is 2.34. The van der Waals surface area contributed by atoms with Crippen LogP contribution in [0.15, 0.2) is 54.6 Å². The number of carbonyl (C=O) groups is 3. The number of amides is 2. The van der Waals surface area contributed by atoms with E-state index in [1.165, 1.54) is 4.90 Å². The summed E-state index contributed by atoms with van der Waals surface area (Å²) in [6.07, 6.45) is 3.53. The summed E-state index contributed by atoms with van der Waals surface area (Å²) in [6.45, 7) is 0. The number of carboxylic acids is 1. The van der Waals surface area contributed by atoms with Crippen molar-refractivity contribution in [2.45, 2.75) is 37.6 Å². The first-order valence-corrected chi connectivity index (χ1v) is 9.42. The highest BCUT2D eigenvalue weighted by molar-refractivity contribution is 6.04. The van der Waals surface area contributed by atoms with Gasteiger partial charge in [-0.3, -0.25) is 9.59 Å². The van der Waals surface area contributed by atoms with Crippen LogP contribution in [0.3, 0.4) is 0 Å². The molecule has 0 aromatic heterocycles. The number of carbonyl (C=O) groups excluding carboxylic acids is 2. The van der Waals surface area contributed by atoms with Crippen molar-refractivity contribution in [1.82, 2.24) is 4.90 Å². The Morgan fingerprint density at radius 2 is 1.50 bits per heavy atom. The van der Waals surface area contributed by atoms with E-state index in [-0.39, 0.29) is 11.8 Å². The van der Waals surface area contributed by atoms with Gasteiger partial charge in [-0.25, -0.2) is 4.79 Å². The summed E-state index contributed by atoms with van der Waals surface area (Å²) in [5, 5.41) is 12.5. The number of rotatable bonds is 5. The van der Waals surface area contributed by atoms with Gasteiger partial charge in [0, 0.05) is 23.9 Å². The number of nitrogens with zero attached hydrogens (tertiary/aromatic N) is 1. The third kappa shape index (κ3) is 3.91. The molecule has 1 aliphatic carbocycles. The Hall–Kier alpha value is -3.15. The second-order valence-corrected chi connectivity index (χ2v) is 7.16. The first-order chi connectivity index (χ1) is 13.4. The minimum atomic E-state index is -1.14. The molecule has 2 N–H and O–H groups in total. The molecule has 2 amide bonds. The van der Waals surface area contributed by atoms with E-state index < -0.39 is 11.5 Å². The Balaban J connectivity index is 1.72. The Labute approximate surface area is 164 Å². The van der Waals surface area contributed by atoms with Crippen molar-refractivity contribution in [2.24, 2.45) is 0 Å². The number of aliphatic carboxylic acids is 1. The van der Waals surface area contributed by atoms with Crippen molar-refractivity contribution in [2.75, 3.05) is 12.4 Å². The minimum absolute atomic E-state index is 0.233. The second kappa shape index (κ2) is 8.25. The molecule has 0 atom stereocenters. The van der Waals surface area contributed by atoms with E-state index in [9.17, 15) is 19.5 Å². The lowest BCUT2D eigenvalue weighted by Gasteiger charge is -2.41. The van der Waals surface area contributed by atoms with E-state index in [2.05, 4.69) is 5.32 Å². The molecule has 0 aliphatic heterocycles. The first-order valence-electron chi connectivity index (χ1n) is 9.42. The summed E-state index contributed by atoms with van der Waals surface area (Å²) in [5.41, 5.74) is 0.364. The predicted octanol–water partition coefficient (Wildman–Crippen LogP) is 3.80. The number of likely N-dealkylation sites (N-methyl/N-ethyl adjacent to an activating group) is 1. The highest BCUT2D eigenvalue weighted by Gasteiger charge is 2.45. The maximum atomic E-state index is 12.9. The molecule has 0 bridgehead atoms. The van der Waals surface area contributed by atoms with Gasteiger partial charge in [0.1, 0.15) is 5.54 Å². The van der Waals surface area contributed by atoms with Gasteiger partial charge in [0.15, 0.2) is 0 Å². The van der Waals surface area contributed by atoms with Crippen molar-refractivity contribution < 1.29 is 19.5 Å². The number of hydrogen-bond donors (Lipinski definition) is 2. The molecule has 28 heavy (non-hydrogen) atoms. The molecular weight excluding hydrogens is 356 g/mol. The average molecular weight is 380 g/mol.